The molecule has 6 nitrogen and oxygen atoms in total. The molecular formula is C8H11N2O4+. The van der Waals surface area contributed by atoms with E-state index in [0.29, 0.717) is 6.54 Å². The van der Waals surface area contributed by atoms with Gasteiger partial charge in [0.05, 0.1) is 13.6 Å². The molecule has 0 aliphatic heterocycles. The molecule has 76 valence electrons. The Labute approximate surface area is 80.0 Å². The summed E-state index contributed by atoms with van der Waals surface area (Å²) < 4.78 is 2.67. The minimum Gasteiger partial charge on any atom is -0.475 e. The van der Waals surface area contributed by atoms with E-state index in [0.717, 1.165) is 0 Å². The number of aromatic nitrogens is 2. The van der Waals surface area contributed by atoms with Crippen molar-refractivity contribution in [2.45, 2.75) is 13.5 Å². The summed E-state index contributed by atoms with van der Waals surface area (Å²) in [5.74, 6) is -2.47. The summed E-state index contributed by atoms with van der Waals surface area (Å²) in [6.07, 6.45) is 1.45. The maximum atomic E-state index is 10.8. The largest absolute Gasteiger partial charge is 0.475 e. The van der Waals surface area contributed by atoms with Crippen molar-refractivity contribution in [3.8, 4) is 0 Å². The van der Waals surface area contributed by atoms with Gasteiger partial charge in [-0.2, -0.15) is 0 Å². The van der Waals surface area contributed by atoms with Crippen LogP contribution in [0, 0.1) is 0 Å². The zero-order valence-electron chi connectivity index (χ0n) is 7.89. The summed E-state index contributed by atoms with van der Waals surface area (Å²) in [5.41, 5.74) is -0.401. The van der Waals surface area contributed by atoms with Gasteiger partial charge in [0.2, 0.25) is 6.33 Å². The Kier molecular flexibility index (Phi) is 2.55. The molecule has 0 saturated heterocycles. The van der Waals surface area contributed by atoms with Crippen LogP contribution in [-0.2, 0) is 13.6 Å². The van der Waals surface area contributed by atoms with Crippen LogP contribution in [0.1, 0.15) is 27.9 Å². The van der Waals surface area contributed by atoms with Crippen LogP contribution in [-0.4, -0.2) is 26.7 Å². The summed E-state index contributed by atoms with van der Waals surface area (Å²) in [6, 6.07) is 0. The molecule has 0 radical (unpaired) electrons. The lowest BCUT2D eigenvalue weighted by molar-refractivity contribution is -0.673. The fourth-order valence-electron chi connectivity index (χ4n) is 1.34. The van der Waals surface area contributed by atoms with Crippen LogP contribution in [0.2, 0.25) is 0 Å². The number of carboxylic acids is 2. The Morgan fingerprint density at radius 3 is 2.36 bits per heavy atom. The molecule has 6 heteroatoms. The van der Waals surface area contributed by atoms with Crippen LogP contribution >= 0.6 is 0 Å². The van der Waals surface area contributed by atoms with Crippen molar-refractivity contribution in [3.63, 3.8) is 0 Å². The smallest absolute Gasteiger partial charge is 0.380 e. The number of nitrogens with zero attached hydrogens (tertiary/aromatic N) is 2. The number of hydrogen-bond donors (Lipinski definition) is 2. The minimum absolute atomic E-state index is 0.192. The van der Waals surface area contributed by atoms with Crippen LogP contribution in [0.25, 0.3) is 0 Å². The Hall–Kier alpha value is -1.85. The van der Waals surface area contributed by atoms with Gasteiger partial charge in [0, 0.05) is 0 Å². The number of carboxylic acid groups (broad SMARTS) is 2. The number of aromatic carboxylic acids is 2. The molecule has 0 spiro atoms. The van der Waals surface area contributed by atoms with Crippen molar-refractivity contribution >= 4 is 11.9 Å². The van der Waals surface area contributed by atoms with E-state index in [1.165, 1.54) is 22.5 Å². The summed E-state index contributed by atoms with van der Waals surface area (Å²) in [7, 11) is 1.50. The van der Waals surface area contributed by atoms with E-state index in [1.54, 1.807) is 6.92 Å². The zero-order chi connectivity index (χ0) is 10.9. The van der Waals surface area contributed by atoms with Gasteiger partial charge >= 0.3 is 11.9 Å². The third kappa shape index (κ3) is 1.46. The Balaban J connectivity index is 3.46. The molecule has 14 heavy (non-hydrogen) atoms. The van der Waals surface area contributed by atoms with Gasteiger partial charge in [0.15, 0.2) is 0 Å². The Bertz CT molecular complexity index is 394. The molecule has 0 unspecified atom stereocenters. The average Bonchev–Trinajstić information content (AvgIpc) is 2.41. The standard InChI is InChI=1S/C8H10N2O4/c1-3-10-4-9(2)5(7(11)12)6(10)8(13)14/h4H,3H2,1-2H3,(H-,11,12,13,14)/p+1. The van der Waals surface area contributed by atoms with Crippen LogP contribution in [0.5, 0.6) is 0 Å². The second-order valence-electron chi connectivity index (χ2n) is 2.82. The van der Waals surface area contributed by atoms with E-state index >= 15 is 0 Å². The monoisotopic (exact) mass is 199 g/mol. The summed E-state index contributed by atoms with van der Waals surface area (Å²) in [6.45, 7) is 2.17. The SMILES string of the molecule is CCn1c[n+](C)c(C(=O)O)c1C(=O)O. The highest BCUT2D eigenvalue weighted by molar-refractivity contribution is 5.97. The number of imidazole rings is 1. The van der Waals surface area contributed by atoms with Gasteiger partial charge in [-0.3, -0.25) is 0 Å². The van der Waals surface area contributed by atoms with Crippen molar-refractivity contribution in [2.75, 3.05) is 0 Å². The molecule has 2 N–H and O–H groups in total. The van der Waals surface area contributed by atoms with Crippen molar-refractivity contribution in [1.82, 2.24) is 4.57 Å². The first-order valence-electron chi connectivity index (χ1n) is 4.04. The summed E-state index contributed by atoms with van der Waals surface area (Å²) in [4.78, 5) is 21.6. The van der Waals surface area contributed by atoms with Crippen LogP contribution < -0.4 is 4.57 Å². The molecule has 1 rings (SSSR count). The second-order valence-corrected chi connectivity index (χ2v) is 2.82. The lowest BCUT2D eigenvalue weighted by Crippen LogP contribution is -2.34. The number of carbonyl (C=O) groups is 2. The topological polar surface area (TPSA) is 83.4 Å². The molecule has 0 aromatic carbocycles. The molecular weight excluding hydrogens is 188 g/mol. The van der Waals surface area contributed by atoms with Crippen LogP contribution in [0.4, 0.5) is 0 Å². The minimum atomic E-state index is -1.24. The van der Waals surface area contributed by atoms with Crippen LogP contribution in [0.3, 0.4) is 0 Å². The molecule has 0 atom stereocenters. The molecule has 0 aliphatic rings. The lowest BCUT2D eigenvalue weighted by Gasteiger charge is -1.92. The molecule has 1 heterocycles. The summed E-state index contributed by atoms with van der Waals surface area (Å²) in [5, 5.41) is 17.6. The van der Waals surface area contributed by atoms with Gasteiger partial charge in [0.25, 0.3) is 11.4 Å². The summed E-state index contributed by atoms with van der Waals surface area (Å²) >= 11 is 0. The molecule has 1 aromatic heterocycles. The predicted octanol–water partition coefficient (Wildman–Crippen LogP) is -0.271. The number of rotatable bonds is 3. The van der Waals surface area contributed by atoms with Gasteiger partial charge in [0.1, 0.15) is 0 Å². The highest BCUT2D eigenvalue weighted by atomic mass is 16.4. The number of aryl methyl sites for hydroxylation is 2. The van der Waals surface area contributed by atoms with Gasteiger partial charge < -0.3 is 10.2 Å². The van der Waals surface area contributed by atoms with E-state index in [4.69, 9.17) is 10.2 Å². The molecule has 0 saturated carbocycles. The first kappa shape index (κ1) is 10.2. The van der Waals surface area contributed by atoms with Crippen molar-refractivity contribution in [1.29, 1.82) is 0 Å². The van der Waals surface area contributed by atoms with E-state index in [-0.39, 0.29) is 11.4 Å². The number of hydrogen-bond acceptors (Lipinski definition) is 2. The first-order chi connectivity index (χ1) is 6.49. The van der Waals surface area contributed by atoms with Crippen molar-refractivity contribution in [2.24, 2.45) is 7.05 Å². The lowest BCUT2D eigenvalue weighted by atomic mass is 10.3. The van der Waals surface area contributed by atoms with Gasteiger partial charge in [-0.1, -0.05) is 0 Å². The third-order valence-electron chi connectivity index (χ3n) is 1.92. The zero-order valence-corrected chi connectivity index (χ0v) is 7.89. The van der Waals surface area contributed by atoms with Gasteiger partial charge in [-0.05, 0) is 6.92 Å². The third-order valence-corrected chi connectivity index (χ3v) is 1.92. The highest BCUT2D eigenvalue weighted by Gasteiger charge is 2.31. The fraction of sp³-hybridized carbons (Fsp3) is 0.375. The molecule has 0 bridgehead atoms. The van der Waals surface area contributed by atoms with E-state index in [1.807, 2.05) is 0 Å². The maximum absolute atomic E-state index is 10.8. The van der Waals surface area contributed by atoms with Gasteiger partial charge in [-0.25, -0.2) is 18.7 Å². The molecule has 0 amide bonds. The predicted molar refractivity (Wildman–Crippen MR) is 45.2 cm³/mol. The first-order valence-corrected chi connectivity index (χ1v) is 4.04. The van der Waals surface area contributed by atoms with E-state index < -0.39 is 11.9 Å². The molecule has 0 aliphatic carbocycles. The highest BCUT2D eigenvalue weighted by Crippen LogP contribution is 2.05. The average molecular weight is 199 g/mol. The van der Waals surface area contributed by atoms with E-state index in [9.17, 15) is 9.59 Å². The Morgan fingerprint density at radius 1 is 1.43 bits per heavy atom. The van der Waals surface area contributed by atoms with Crippen molar-refractivity contribution in [3.05, 3.63) is 17.7 Å². The fourth-order valence-corrected chi connectivity index (χ4v) is 1.34. The normalized spacial score (nSPS) is 10.1. The molecule has 0 fully saturated rings. The quantitative estimate of drug-likeness (QED) is 0.656. The van der Waals surface area contributed by atoms with Crippen molar-refractivity contribution < 1.29 is 24.4 Å². The Morgan fingerprint density at radius 2 is 2.00 bits per heavy atom. The molecule has 1 aromatic rings. The van der Waals surface area contributed by atoms with Gasteiger partial charge in [-0.15, -0.1) is 0 Å². The van der Waals surface area contributed by atoms with Crippen LogP contribution in [0.15, 0.2) is 6.33 Å². The second kappa shape index (κ2) is 3.49. The van der Waals surface area contributed by atoms with E-state index in [2.05, 4.69) is 0 Å². The maximum Gasteiger partial charge on any atom is 0.380 e.